The fourth-order valence-corrected chi connectivity index (χ4v) is 5.01. The molecule has 1 fully saturated rings. The van der Waals surface area contributed by atoms with E-state index < -0.39 is 15.2 Å². The molecular formula is C13H22N4O2S2. The van der Waals surface area contributed by atoms with Crippen LogP contribution in [0.3, 0.4) is 0 Å². The van der Waals surface area contributed by atoms with Crippen LogP contribution in [0.15, 0.2) is 12.4 Å². The van der Waals surface area contributed by atoms with E-state index in [-0.39, 0.29) is 0 Å². The molecule has 0 saturated carbocycles. The summed E-state index contributed by atoms with van der Waals surface area (Å²) in [4.78, 5) is 10.6. The molecule has 1 aromatic rings. The molecular weight excluding hydrogens is 308 g/mol. The maximum Gasteiger partial charge on any atom is 0.169 e. The van der Waals surface area contributed by atoms with Crippen molar-refractivity contribution in [2.45, 2.75) is 25.3 Å². The van der Waals surface area contributed by atoms with E-state index in [2.05, 4.69) is 22.2 Å². The molecule has 21 heavy (non-hydrogen) atoms. The molecule has 8 heteroatoms. The standard InChI is InChI=1S/C13H22N4O2S2/c1-3-4-14-7-11-8-16-12(9-15-11)17-5-6-20-10-13(17)21(2,18)19/h8-9,13-14H,3-7,10H2,1-2H3. The smallest absolute Gasteiger partial charge is 0.169 e. The van der Waals surface area contributed by atoms with Crippen LogP contribution in [-0.2, 0) is 16.4 Å². The Balaban J connectivity index is 2.09. The maximum absolute atomic E-state index is 11.9. The minimum atomic E-state index is -3.13. The molecule has 2 heterocycles. The molecule has 0 amide bonds. The van der Waals surface area contributed by atoms with Crippen molar-refractivity contribution < 1.29 is 8.42 Å². The van der Waals surface area contributed by atoms with Crippen molar-refractivity contribution in [3.05, 3.63) is 18.1 Å². The van der Waals surface area contributed by atoms with E-state index in [1.807, 2.05) is 4.90 Å². The Morgan fingerprint density at radius 2 is 2.24 bits per heavy atom. The van der Waals surface area contributed by atoms with Crippen LogP contribution in [0.5, 0.6) is 0 Å². The van der Waals surface area contributed by atoms with Crippen molar-refractivity contribution in [2.75, 3.05) is 35.8 Å². The first-order valence-electron chi connectivity index (χ1n) is 7.07. The Kier molecular flexibility index (Phi) is 5.83. The molecule has 0 radical (unpaired) electrons. The third-order valence-electron chi connectivity index (χ3n) is 3.30. The maximum atomic E-state index is 11.9. The first-order chi connectivity index (χ1) is 10.0. The summed E-state index contributed by atoms with van der Waals surface area (Å²) in [6.07, 6.45) is 5.76. The van der Waals surface area contributed by atoms with Crippen LogP contribution >= 0.6 is 11.8 Å². The zero-order valence-corrected chi connectivity index (χ0v) is 14.1. The van der Waals surface area contributed by atoms with Crippen LogP contribution in [0.1, 0.15) is 19.0 Å². The largest absolute Gasteiger partial charge is 0.337 e. The van der Waals surface area contributed by atoms with Crippen molar-refractivity contribution in [2.24, 2.45) is 0 Å². The van der Waals surface area contributed by atoms with Crippen molar-refractivity contribution in [1.29, 1.82) is 0 Å². The number of aromatic nitrogens is 2. The summed E-state index contributed by atoms with van der Waals surface area (Å²) in [6, 6.07) is 0. The molecule has 1 atom stereocenters. The van der Waals surface area contributed by atoms with Gasteiger partial charge in [0, 0.05) is 30.9 Å². The highest BCUT2D eigenvalue weighted by atomic mass is 32.2. The fraction of sp³-hybridized carbons (Fsp3) is 0.692. The molecule has 118 valence electrons. The van der Waals surface area contributed by atoms with Gasteiger partial charge in [-0.25, -0.2) is 13.4 Å². The summed E-state index contributed by atoms with van der Waals surface area (Å²) in [7, 11) is -3.13. The summed E-state index contributed by atoms with van der Waals surface area (Å²) < 4.78 is 23.8. The Hall–Kier alpha value is -0.860. The number of hydrogen-bond donors (Lipinski definition) is 1. The van der Waals surface area contributed by atoms with Gasteiger partial charge >= 0.3 is 0 Å². The third kappa shape index (κ3) is 4.55. The first kappa shape index (κ1) is 16.5. The van der Waals surface area contributed by atoms with Crippen LogP contribution < -0.4 is 10.2 Å². The lowest BCUT2D eigenvalue weighted by molar-refractivity contribution is 0.583. The fourth-order valence-electron chi connectivity index (χ4n) is 2.18. The molecule has 0 aliphatic carbocycles. The van der Waals surface area contributed by atoms with Gasteiger partial charge in [0.05, 0.1) is 18.1 Å². The van der Waals surface area contributed by atoms with E-state index in [1.54, 1.807) is 24.2 Å². The van der Waals surface area contributed by atoms with Crippen molar-refractivity contribution >= 4 is 27.4 Å². The van der Waals surface area contributed by atoms with Crippen molar-refractivity contribution in [1.82, 2.24) is 15.3 Å². The highest BCUT2D eigenvalue weighted by Gasteiger charge is 2.31. The third-order valence-corrected chi connectivity index (χ3v) is 5.94. The molecule has 0 aromatic carbocycles. The highest BCUT2D eigenvalue weighted by Crippen LogP contribution is 2.24. The number of nitrogens with zero attached hydrogens (tertiary/aromatic N) is 3. The predicted molar refractivity (Wildman–Crippen MR) is 87.3 cm³/mol. The van der Waals surface area contributed by atoms with Gasteiger partial charge in [0.15, 0.2) is 9.84 Å². The number of anilines is 1. The second kappa shape index (κ2) is 7.42. The van der Waals surface area contributed by atoms with Crippen LogP contribution in [0.2, 0.25) is 0 Å². The SMILES string of the molecule is CCCNCc1cnc(N2CCSCC2S(C)(=O)=O)cn1. The van der Waals surface area contributed by atoms with Crippen LogP contribution in [0, 0.1) is 0 Å². The lowest BCUT2D eigenvalue weighted by Gasteiger charge is -2.34. The monoisotopic (exact) mass is 330 g/mol. The molecule has 1 unspecified atom stereocenters. The molecule has 2 rings (SSSR count). The van der Waals surface area contributed by atoms with Gasteiger partial charge in [0.1, 0.15) is 11.2 Å². The molecule has 1 aliphatic heterocycles. The molecule has 6 nitrogen and oxygen atoms in total. The summed E-state index contributed by atoms with van der Waals surface area (Å²) in [5.41, 5.74) is 0.870. The lowest BCUT2D eigenvalue weighted by Crippen LogP contribution is -2.47. The van der Waals surface area contributed by atoms with Gasteiger partial charge < -0.3 is 10.2 Å². The topological polar surface area (TPSA) is 75.2 Å². The zero-order chi connectivity index (χ0) is 15.3. The number of thioether (sulfide) groups is 1. The average molecular weight is 330 g/mol. The van der Waals surface area contributed by atoms with Crippen LogP contribution in [0.4, 0.5) is 5.82 Å². The molecule has 1 aliphatic rings. The van der Waals surface area contributed by atoms with Gasteiger partial charge in [-0.05, 0) is 13.0 Å². The Morgan fingerprint density at radius 3 is 2.86 bits per heavy atom. The lowest BCUT2D eigenvalue weighted by atomic mass is 10.4. The predicted octanol–water partition coefficient (Wildman–Crippen LogP) is 0.900. The van der Waals surface area contributed by atoms with E-state index in [4.69, 9.17) is 0 Å². The second-order valence-corrected chi connectivity index (χ2v) is 8.45. The van der Waals surface area contributed by atoms with E-state index in [0.29, 0.717) is 24.7 Å². The second-order valence-electron chi connectivity index (χ2n) is 5.10. The normalized spacial score (nSPS) is 19.7. The van der Waals surface area contributed by atoms with Crippen molar-refractivity contribution in [3.63, 3.8) is 0 Å². The Bertz CT molecular complexity index is 548. The van der Waals surface area contributed by atoms with Crippen LogP contribution in [0.25, 0.3) is 0 Å². The van der Waals surface area contributed by atoms with E-state index in [1.165, 1.54) is 6.26 Å². The zero-order valence-electron chi connectivity index (χ0n) is 12.4. The molecule has 1 saturated heterocycles. The number of nitrogens with one attached hydrogen (secondary N) is 1. The van der Waals surface area contributed by atoms with Gasteiger partial charge in [0.25, 0.3) is 0 Å². The first-order valence-corrected chi connectivity index (χ1v) is 10.2. The van der Waals surface area contributed by atoms with E-state index >= 15 is 0 Å². The molecule has 1 N–H and O–H groups in total. The summed E-state index contributed by atoms with van der Waals surface area (Å²) in [5, 5.41) is 2.76. The minimum Gasteiger partial charge on any atom is -0.337 e. The molecule has 1 aromatic heterocycles. The van der Waals surface area contributed by atoms with Crippen LogP contribution in [-0.4, -0.2) is 54.6 Å². The Labute approximate surface area is 130 Å². The van der Waals surface area contributed by atoms with Gasteiger partial charge in [-0.15, -0.1) is 0 Å². The van der Waals surface area contributed by atoms with E-state index in [0.717, 1.165) is 24.4 Å². The van der Waals surface area contributed by atoms with Crippen molar-refractivity contribution in [3.8, 4) is 0 Å². The van der Waals surface area contributed by atoms with E-state index in [9.17, 15) is 8.42 Å². The molecule has 0 bridgehead atoms. The number of sulfone groups is 1. The van der Waals surface area contributed by atoms with Gasteiger partial charge in [-0.1, -0.05) is 6.92 Å². The highest BCUT2D eigenvalue weighted by molar-refractivity contribution is 8.01. The van der Waals surface area contributed by atoms with Gasteiger partial charge in [-0.3, -0.25) is 4.98 Å². The Morgan fingerprint density at radius 1 is 1.43 bits per heavy atom. The average Bonchev–Trinajstić information content (AvgIpc) is 2.47. The number of hydrogen-bond acceptors (Lipinski definition) is 7. The summed E-state index contributed by atoms with van der Waals surface area (Å²) >= 11 is 1.67. The summed E-state index contributed by atoms with van der Waals surface area (Å²) in [6.45, 7) is 4.43. The quantitative estimate of drug-likeness (QED) is 0.777. The molecule has 0 spiro atoms. The summed E-state index contributed by atoms with van der Waals surface area (Å²) in [5.74, 6) is 2.14. The number of rotatable bonds is 6. The van der Waals surface area contributed by atoms with Gasteiger partial charge in [0.2, 0.25) is 0 Å². The van der Waals surface area contributed by atoms with Gasteiger partial charge in [-0.2, -0.15) is 11.8 Å². The minimum absolute atomic E-state index is 0.505.